The number of benzene rings is 1. The summed E-state index contributed by atoms with van der Waals surface area (Å²) in [6.07, 6.45) is -4.35. The minimum absolute atomic E-state index is 0.274. The van der Waals surface area contributed by atoms with E-state index in [0.29, 0.717) is 30.8 Å². The molecule has 1 rings (SSSR count). The second kappa shape index (κ2) is 7.85. The highest BCUT2D eigenvalue weighted by molar-refractivity contribution is 9.10. The molecule has 0 spiro atoms. The average molecular weight is 356 g/mol. The number of hydrogen-bond donors (Lipinski definition) is 1. The number of rotatable bonds is 7. The zero-order chi connectivity index (χ0) is 15.2. The first-order valence-electron chi connectivity index (χ1n) is 6.01. The molecule has 0 amide bonds. The fraction of sp³-hybridized carbons (Fsp3) is 0.538. The van der Waals surface area contributed by atoms with Gasteiger partial charge in [0.1, 0.15) is 5.75 Å². The Labute approximate surface area is 124 Å². The highest BCUT2D eigenvalue weighted by Crippen LogP contribution is 2.29. The van der Waals surface area contributed by atoms with Crippen LogP contribution in [0.2, 0.25) is 0 Å². The molecule has 114 valence electrons. The number of nitrogens with one attached hydrogen (secondary N) is 1. The maximum absolute atomic E-state index is 12.3. The van der Waals surface area contributed by atoms with Crippen molar-refractivity contribution in [2.24, 2.45) is 0 Å². The van der Waals surface area contributed by atoms with Crippen LogP contribution in [0, 0.1) is 6.92 Å². The van der Waals surface area contributed by atoms with Gasteiger partial charge in [0.15, 0.2) is 6.61 Å². The van der Waals surface area contributed by atoms with Crippen molar-refractivity contribution < 1.29 is 22.6 Å². The van der Waals surface area contributed by atoms with E-state index in [-0.39, 0.29) is 5.75 Å². The van der Waals surface area contributed by atoms with E-state index in [2.05, 4.69) is 21.2 Å². The lowest BCUT2D eigenvalue weighted by Crippen LogP contribution is -2.22. The normalized spacial score (nSPS) is 11.7. The van der Waals surface area contributed by atoms with Crippen molar-refractivity contribution in [3.8, 4) is 5.75 Å². The van der Waals surface area contributed by atoms with Crippen molar-refractivity contribution >= 4 is 15.9 Å². The molecule has 0 unspecified atom stereocenters. The quantitative estimate of drug-likeness (QED) is 0.760. The standard InChI is InChI=1S/C13H17BrF3NO2/c1-9-5-11(14)6-10(7-18-3-4-19-2)12(9)20-8-13(15,16)17/h5-6,18H,3-4,7-8H2,1-2H3. The lowest BCUT2D eigenvalue weighted by atomic mass is 10.1. The smallest absolute Gasteiger partial charge is 0.422 e. The molecule has 0 radical (unpaired) electrons. The Morgan fingerprint density at radius 1 is 1.30 bits per heavy atom. The van der Waals surface area contributed by atoms with Crippen LogP contribution in [0.15, 0.2) is 16.6 Å². The Kier molecular flexibility index (Phi) is 6.78. The molecule has 0 aliphatic rings. The monoisotopic (exact) mass is 355 g/mol. The minimum Gasteiger partial charge on any atom is -0.484 e. The first-order chi connectivity index (χ1) is 9.33. The molecule has 0 fully saturated rings. The van der Waals surface area contributed by atoms with Gasteiger partial charge in [0.2, 0.25) is 0 Å². The highest BCUT2D eigenvalue weighted by Gasteiger charge is 2.29. The molecule has 0 saturated heterocycles. The summed E-state index contributed by atoms with van der Waals surface area (Å²) in [7, 11) is 1.59. The summed E-state index contributed by atoms with van der Waals surface area (Å²) in [6.45, 7) is 1.99. The largest absolute Gasteiger partial charge is 0.484 e. The van der Waals surface area contributed by atoms with Crippen molar-refractivity contribution in [1.82, 2.24) is 5.32 Å². The number of alkyl halides is 3. The zero-order valence-corrected chi connectivity index (χ0v) is 12.9. The second-order valence-corrected chi connectivity index (χ2v) is 5.20. The van der Waals surface area contributed by atoms with Gasteiger partial charge in [-0.1, -0.05) is 15.9 Å². The van der Waals surface area contributed by atoms with Gasteiger partial charge in [0.25, 0.3) is 0 Å². The Hall–Kier alpha value is -0.790. The van der Waals surface area contributed by atoms with Crippen molar-refractivity contribution in [3.05, 3.63) is 27.7 Å². The molecule has 0 heterocycles. The lowest BCUT2D eigenvalue weighted by molar-refractivity contribution is -0.153. The Morgan fingerprint density at radius 3 is 2.60 bits per heavy atom. The predicted molar refractivity (Wildman–Crippen MR) is 74.0 cm³/mol. The number of methoxy groups -OCH3 is 1. The summed E-state index contributed by atoms with van der Waals surface area (Å²) in [5.74, 6) is 0.274. The molecule has 1 aromatic carbocycles. The van der Waals surface area contributed by atoms with Crippen molar-refractivity contribution in [2.45, 2.75) is 19.6 Å². The average Bonchev–Trinajstić information content (AvgIpc) is 2.32. The summed E-state index contributed by atoms with van der Waals surface area (Å²) in [5, 5.41) is 3.09. The third-order valence-corrected chi connectivity index (χ3v) is 2.95. The molecule has 1 aromatic rings. The topological polar surface area (TPSA) is 30.5 Å². The van der Waals surface area contributed by atoms with E-state index in [1.165, 1.54) is 0 Å². The highest BCUT2D eigenvalue weighted by atomic mass is 79.9. The van der Waals surface area contributed by atoms with Crippen LogP contribution in [0.3, 0.4) is 0 Å². The number of halogens is 4. The molecular formula is C13H17BrF3NO2. The molecule has 1 N–H and O–H groups in total. The third-order valence-electron chi connectivity index (χ3n) is 2.49. The van der Waals surface area contributed by atoms with Gasteiger partial charge in [-0.05, 0) is 24.6 Å². The van der Waals surface area contributed by atoms with Crippen LogP contribution < -0.4 is 10.1 Å². The van der Waals surface area contributed by atoms with Gasteiger partial charge in [-0.15, -0.1) is 0 Å². The van der Waals surface area contributed by atoms with Gasteiger partial charge in [-0.2, -0.15) is 13.2 Å². The zero-order valence-electron chi connectivity index (χ0n) is 11.3. The van der Waals surface area contributed by atoms with Crippen LogP contribution >= 0.6 is 15.9 Å². The maximum atomic E-state index is 12.3. The van der Waals surface area contributed by atoms with Crippen LogP contribution in [-0.2, 0) is 11.3 Å². The summed E-state index contributed by atoms with van der Waals surface area (Å²) >= 11 is 3.33. The van der Waals surface area contributed by atoms with Crippen molar-refractivity contribution in [3.63, 3.8) is 0 Å². The van der Waals surface area contributed by atoms with Crippen LogP contribution in [0.5, 0.6) is 5.75 Å². The van der Waals surface area contributed by atoms with Gasteiger partial charge in [-0.3, -0.25) is 0 Å². The van der Waals surface area contributed by atoms with Crippen LogP contribution in [0.1, 0.15) is 11.1 Å². The van der Waals surface area contributed by atoms with Crippen LogP contribution in [0.25, 0.3) is 0 Å². The van der Waals surface area contributed by atoms with E-state index in [9.17, 15) is 13.2 Å². The summed E-state index contributed by atoms with van der Waals surface area (Å²) in [6, 6.07) is 3.48. The van der Waals surface area contributed by atoms with Gasteiger partial charge in [0.05, 0.1) is 6.61 Å². The molecule has 0 atom stereocenters. The molecule has 20 heavy (non-hydrogen) atoms. The van der Waals surface area contributed by atoms with Crippen molar-refractivity contribution in [1.29, 1.82) is 0 Å². The number of ether oxygens (including phenoxy) is 2. The summed E-state index contributed by atoms with van der Waals surface area (Å²) < 4.78 is 47.4. The minimum atomic E-state index is -4.35. The van der Waals surface area contributed by atoms with E-state index >= 15 is 0 Å². The summed E-state index contributed by atoms with van der Waals surface area (Å²) in [5.41, 5.74) is 1.34. The number of aryl methyl sites for hydroxylation is 1. The molecule has 7 heteroatoms. The predicted octanol–water partition coefficient (Wildman–Crippen LogP) is 3.43. The van der Waals surface area contributed by atoms with Gasteiger partial charge < -0.3 is 14.8 Å². The third kappa shape index (κ3) is 6.11. The van der Waals surface area contributed by atoms with Crippen molar-refractivity contribution in [2.75, 3.05) is 26.9 Å². The SMILES string of the molecule is COCCNCc1cc(Br)cc(C)c1OCC(F)(F)F. The van der Waals surface area contributed by atoms with E-state index in [4.69, 9.17) is 9.47 Å². The molecule has 0 aromatic heterocycles. The van der Waals surface area contributed by atoms with Crippen LogP contribution in [-0.4, -0.2) is 33.0 Å². The fourth-order valence-electron chi connectivity index (χ4n) is 1.69. The Balaban J connectivity index is 2.79. The van der Waals surface area contributed by atoms with Gasteiger partial charge in [0, 0.05) is 30.2 Å². The number of hydrogen-bond acceptors (Lipinski definition) is 3. The fourth-order valence-corrected chi connectivity index (χ4v) is 2.31. The first kappa shape index (κ1) is 17.3. The van der Waals surface area contributed by atoms with E-state index in [1.54, 1.807) is 26.2 Å². The van der Waals surface area contributed by atoms with E-state index in [1.807, 2.05) is 0 Å². The lowest BCUT2D eigenvalue weighted by Gasteiger charge is -2.16. The second-order valence-electron chi connectivity index (χ2n) is 4.28. The van der Waals surface area contributed by atoms with Crippen LogP contribution in [0.4, 0.5) is 13.2 Å². The molecular weight excluding hydrogens is 339 g/mol. The molecule has 0 aliphatic heterocycles. The van der Waals surface area contributed by atoms with Gasteiger partial charge >= 0.3 is 6.18 Å². The summed E-state index contributed by atoms with van der Waals surface area (Å²) in [4.78, 5) is 0. The van der Waals surface area contributed by atoms with Gasteiger partial charge in [-0.25, -0.2) is 0 Å². The molecule has 3 nitrogen and oxygen atoms in total. The van der Waals surface area contributed by atoms with E-state index < -0.39 is 12.8 Å². The van der Waals surface area contributed by atoms with E-state index in [0.717, 1.165) is 4.47 Å². The molecule has 0 saturated carbocycles. The molecule has 0 aliphatic carbocycles. The first-order valence-corrected chi connectivity index (χ1v) is 6.81. The maximum Gasteiger partial charge on any atom is 0.422 e. The Morgan fingerprint density at radius 2 is 2.00 bits per heavy atom. The molecule has 0 bridgehead atoms. The Bertz CT molecular complexity index is 438.